The Hall–Kier alpha value is -2.81. The van der Waals surface area contributed by atoms with Crippen molar-refractivity contribution in [3.8, 4) is 11.5 Å². The van der Waals surface area contributed by atoms with Crippen LogP contribution in [0.1, 0.15) is 24.5 Å². The largest absolute Gasteiger partial charge is 0.497 e. The number of benzene rings is 2. The van der Waals surface area contributed by atoms with Gasteiger partial charge >= 0.3 is 0 Å². The number of aryl methyl sites for hydroxylation is 1. The van der Waals surface area contributed by atoms with Gasteiger partial charge in [-0.05, 0) is 50.1 Å². The maximum atomic E-state index is 13.6. The lowest BCUT2D eigenvalue weighted by molar-refractivity contribution is -0.130. The molecule has 2 aliphatic rings. The van der Waals surface area contributed by atoms with Crippen LogP contribution in [0.5, 0.6) is 11.5 Å². The predicted molar refractivity (Wildman–Crippen MR) is 121 cm³/mol. The zero-order valence-corrected chi connectivity index (χ0v) is 19.0. The molecule has 4 N–H and O–H groups in total. The van der Waals surface area contributed by atoms with E-state index < -0.39 is 23.6 Å². The van der Waals surface area contributed by atoms with Crippen LogP contribution in [0, 0.1) is 12.8 Å². The Kier molecular flexibility index (Phi) is 5.79. The summed E-state index contributed by atoms with van der Waals surface area (Å²) >= 11 is 6.32. The first-order valence-corrected chi connectivity index (χ1v) is 10.7. The molecule has 2 aliphatic heterocycles. The molecule has 0 unspecified atom stereocenters. The second kappa shape index (κ2) is 8.27. The van der Waals surface area contributed by atoms with Crippen molar-refractivity contribution >= 4 is 34.8 Å². The normalized spacial score (nSPS) is 24.8. The minimum Gasteiger partial charge on any atom is -0.497 e. The topological polar surface area (TPSA) is 109 Å². The van der Waals surface area contributed by atoms with E-state index in [1.165, 1.54) is 14.2 Å². The molecule has 2 heterocycles. The number of ether oxygens (including phenoxy) is 2. The molecule has 1 saturated heterocycles. The monoisotopic (exact) mass is 459 g/mol. The first-order valence-electron chi connectivity index (χ1n) is 10.3. The number of rotatable bonds is 5. The molecule has 4 rings (SSSR count). The van der Waals surface area contributed by atoms with Crippen molar-refractivity contribution in [3.63, 3.8) is 0 Å². The van der Waals surface area contributed by atoms with Crippen LogP contribution in [0.15, 0.2) is 30.3 Å². The Balaban J connectivity index is 1.78. The van der Waals surface area contributed by atoms with Crippen molar-refractivity contribution < 1.29 is 24.2 Å². The number of methoxy groups -OCH3 is 2. The van der Waals surface area contributed by atoms with Crippen molar-refractivity contribution in [2.24, 2.45) is 5.92 Å². The molecule has 9 heteroatoms. The second-order valence-electron chi connectivity index (χ2n) is 8.24. The summed E-state index contributed by atoms with van der Waals surface area (Å²) in [6.07, 6.45) is -0.512. The Labute approximate surface area is 191 Å². The molecular formula is C23H26ClN3O5. The Morgan fingerprint density at radius 3 is 2.69 bits per heavy atom. The van der Waals surface area contributed by atoms with E-state index in [2.05, 4.69) is 16.0 Å². The third-order valence-electron chi connectivity index (χ3n) is 6.31. The molecule has 1 spiro atoms. The van der Waals surface area contributed by atoms with Crippen LogP contribution in [0.2, 0.25) is 5.02 Å². The van der Waals surface area contributed by atoms with Crippen LogP contribution in [-0.2, 0) is 15.1 Å². The van der Waals surface area contributed by atoms with Crippen LogP contribution in [0.3, 0.4) is 0 Å². The summed E-state index contributed by atoms with van der Waals surface area (Å²) in [6.45, 7) is 3.48. The summed E-state index contributed by atoms with van der Waals surface area (Å²) in [5.74, 6) is -0.529. The van der Waals surface area contributed by atoms with Crippen LogP contribution >= 0.6 is 11.6 Å². The Morgan fingerprint density at radius 2 is 2.03 bits per heavy atom. The van der Waals surface area contributed by atoms with Gasteiger partial charge in [0.25, 0.3) is 0 Å². The molecule has 0 saturated carbocycles. The lowest BCUT2D eigenvalue weighted by Crippen LogP contribution is -2.53. The minimum atomic E-state index is -1.36. The van der Waals surface area contributed by atoms with Crippen LogP contribution < -0.4 is 25.4 Å². The van der Waals surface area contributed by atoms with Gasteiger partial charge < -0.3 is 25.2 Å². The average Bonchev–Trinajstić information content (AvgIpc) is 3.29. The highest BCUT2D eigenvalue weighted by atomic mass is 35.5. The van der Waals surface area contributed by atoms with Gasteiger partial charge in [-0.3, -0.25) is 14.9 Å². The zero-order valence-electron chi connectivity index (χ0n) is 18.3. The lowest BCUT2D eigenvalue weighted by atomic mass is 9.79. The fraction of sp³-hybridized carbons (Fsp3) is 0.391. The van der Waals surface area contributed by atoms with E-state index in [-0.39, 0.29) is 18.2 Å². The van der Waals surface area contributed by atoms with Crippen LogP contribution in [0.25, 0.3) is 0 Å². The number of nitrogens with one attached hydrogen (secondary N) is 3. The summed E-state index contributed by atoms with van der Waals surface area (Å²) in [7, 11) is 3.04. The summed E-state index contributed by atoms with van der Waals surface area (Å²) in [5.41, 5.74) is 1.10. The molecule has 0 aromatic heterocycles. The van der Waals surface area contributed by atoms with E-state index >= 15 is 0 Å². The zero-order chi connectivity index (χ0) is 23.2. The average molecular weight is 460 g/mol. The van der Waals surface area contributed by atoms with Crippen LogP contribution in [-0.4, -0.2) is 43.3 Å². The van der Waals surface area contributed by atoms with Gasteiger partial charge in [0.2, 0.25) is 11.8 Å². The number of carbonyl (C=O) groups excluding carboxylic acids is 2. The van der Waals surface area contributed by atoms with Gasteiger partial charge in [0.05, 0.1) is 31.9 Å². The molecule has 8 nitrogen and oxygen atoms in total. The maximum absolute atomic E-state index is 13.6. The van der Waals surface area contributed by atoms with E-state index in [9.17, 15) is 14.7 Å². The molecule has 4 atom stereocenters. The predicted octanol–water partition coefficient (Wildman–Crippen LogP) is 2.81. The number of amides is 2. The van der Waals surface area contributed by atoms with Crippen LogP contribution in [0.4, 0.5) is 11.4 Å². The third-order valence-corrected chi connectivity index (χ3v) is 6.53. The molecule has 2 aromatic rings. The van der Waals surface area contributed by atoms with E-state index in [0.29, 0.717) is 33.5 Å². The molecule has 2 aromatic carbocycles. The standard InChI is InChI=1S/C23H26ClN3O5/c1-11-7-13(24)8-15-20(11)26-22(30)23(15)16(10-17(27-23)12(2)28)21(29)25-18-9-14(31-3)5-6-19(18)32-4/h5-9,12,16-17,27-28H,10H2,1-4H3,(H,25,29)(H,26,30)/t12-,16-,17-,23+/m1/s1. The highest BCUT2D eigenvalue weighted by molar-refractivity contribution is 6.31. The van der Waals surface area contributed by atoms with Gasteiger partial charge in [-0.25, -0.2) is 0 Å². The van der Waals surface area contributed by atoms with E-state index in [4.69, 9.17) is 21.1 Å². The summed E-state index contributed by atoms with van der Waals surface area (Å²) in [6, 6.07) is 8.07. The summed E-state index contributed by atoms with van der Waals surface area (Å²) in [5, 5.41) is 19.8. The number of anilines is 2. The first kappa shape index (κ1) is 22.4. The van der Waals surface area contributed by atoms with Crippen molar-refractivity contribution in [2.45, 2.75) is 38.0 Å². The highest BCUT2D eigenvalue weighted by Gasteiger charge is 2.61. The van der Waals surface area contributed by atoms with Gasteiger partial charge in [0, 0.05) is 28.4 Å². The fourth-order valence-corrected chi connectivity index (χ4v) is 4.95. The van der Waals surface area contributed by atoms with Crippen molar-refractivity contribution in [1.29, 1.82) is 0 Å². The third kappa shape index (κ3) is 3.48. The molecule has 0 bridgehead atoms. The van der Waals surface area contributed by atoms with Gasteiger partial charge in [-0.1, -0.05) is 11.6 Å². The summed E-state index contributed by atoms with van der Waals surface area (Å²) in [4.78, 5) is 26.9. The molecule has 32 heavy (non-hydrogen) atoms. The highest BCUT2D eigenvalue weighted by Crippen LogP contribution is 2.49. The van der Waals surface area contributed by atoms with E-state index in [1.54, 1.807) is 37.3 Å². The SMILES string of the molecule is COc1ccc(OC)c(NC(=O)[C@H]2C[C@H]([C@@H](C)O)N[C@]23C(=O)Nc2c(C)cc(Cl)cc23)c1. The second-order valence-corrected chi connectivity index (χ2v) is 8.68. The van der Waals surface area contributed by atoms with Crippen molar-refractivity contribution in [2.75, 3.05) is 24.9 Å². The van der Waals surface area contributed by atoms with Crippen molar-refractivity contribution in [3.05, 3.63) is 46.5 Å². The smallest absolute Gasteiger partial charge is 0.250 e. The maximum Gasteiger partial charge on any atom is 0.250 e. The lowest BCUT2D eigenvalue weighted by Gasteiger charge is -2.30. The summed E-state index contributed by atoms with van der Waals surface area (Å²) < 4.78 is 10.6. The van der Waals surface area contributed by atoms with E-state index in [0.717, 1.165) is 5.56 Å². The molecule has 170 valence electrons. The van der Waals surface area contributed by atoms with E-state index in [1.807, 2.05) is 6.92 Å². The molecule has 0 radical (unpaired) electrons. The molecule has 1 fully saturated rings. The molecule has 0 aliphatic carbocycles. The first-order chi connectivity index (χ1) is 15.2. The molecule has 2 amide bonds. The number of halogens is 1. The number of carbonyl (C=O) groups is 2. The minimum absolute atomic E-state index is 0.258. The molecular weight excluding hydrogens is 434 g/mol. The number of fused-ring (bicyclic) bond motifs is 2. The number of hydrogen-bond donors (Lipinski definition) is 4. The number of aliphatic hydroxyl groups is 1. The fourth-order valence-electron chi connectivity index (χ4n) is 4.68. The Bertz CT molecular complexity index is 1090. The van der Waals surface area contributed by atoms with Gasteiger partial charge in [0.1, 0.15) is 17.0 Å². The number of aliphatic hydroxyl groups excluding tert-OH is 1. The van der Waals surface area contributed by atoms with Gasteiger partial charge in [0.15, 0.2) is 0 Å². The van der Waals surface area contributed by atoms with Crippen molar-refractivity contribution in [1.82, 2.24) is 5.32 Å². The van der Waals surface area contributed by atoms with Gasteiger partial charge in [-0.15, -0.1) is 0 Å². The van der Waals surface area contributed by atoms with Gasteiger partial charge in [-0.2, -0.15) is 0 Å². The number of hydrogen-bond acceptors (Lipinski definition) is 6. The quantitative estimate of drug-likeness (QED) is 0.547. The Morgan fingerprint density at radius 1 is 1.28 bits per heavy atom.